The van der Waals surface area contributed by atoms with Crippen molar-refractivity contribution in [1.82, 2.24) is 15.1 Å². The monoisotopic (exact) mass is 410 g/mol. The van der Waals surface area contributed by atoms with E-state index in [1.54, 1.807) is 12.1 Å². The maximum atomic E-state index is 12.5. The molecule has 1 N–H and O–H groups in total. The van der Waals surface area contributed by atoms with Gasteiger partial charge in [0.05, 0.1) is 12.4 Å². The number of furan rings is 1. The van der Waals surface area contributed by atoms with Crippen LogP contribution >= 0.6 is 0 Å². The van der Waals surface area contributed by atoms with E-state index >= 15 is 0 Å². The van der Waals surface area contributed by atoms with Crippen molar-refractivity contribution in [3.8, 4) is 0 Å². The molecule has 7 nitrogen and oxygen atoms in total. The van der Waals surface area contributed by atoms with Crippen LogP contribution in [0.25, 0.3) is 0 Å². The Labute approximate surface area is 177 Å². The summed E-state index contributed by atoms with van der Waals surface area (Å²) in [6.07, 6.45) is 3.87. The van der Waals surface area contributed by atoms with Crippen LogP contribution in [-0.4, -0.2) is 68.0 Å². The summed E-state index contributed by atoms with van der Waals surface area (Å²) in [4.78, 5) is 21.0. The molecule has 0 aliphatic carbocycles. The van der Waals surface area contributed by atoms with Crippen molar-refractivity contribution in [2.24, 2.45) is 10.9 Å². The molecule has 3 heterocycles. The number of hydrogen-bond acceptors (Lipinski definition) is 4. The van der Waals surface area contributed by atoms with E-state index in [4.69, 9.17) is 9.15 Å². The molecule has 2 aliphatic heterocycles. The molecule has 0 bridgehead atoms. The van der Waals surface area contributed by atoms with Crippen LogP contribution in [0, 0.1) is 5.92 Å². The number of hydrogen-bond donors (Lipinski definition) is 1. The molecule has 0 spiro atoms. The van der Waals surface area contributed by atoms with Crippen molar-refractivity contribution in [3.05, 3.63) is 60.1 Å². The minimum Gasteiger partial charge on any atom is -0.459 e. The Bertz CT molecular complexity index is 829. The highest BCUT2D eigenvalue weighted by Crippen LogP contribution is 2.33. The van der Waals surface area contributed by atoms with Gasteiger partial charge in [-0.25, -0.2) is 0 Å². The molecule has 7 heteroatoms. The van der Waals surface area contributed by atoms with E-state index < -0.39 is 0 Å². The van der Waals surface area contributed by atoms with E-state index in [2.05, 4.69) is 39.5 Å². The first-order valence-electron chi connectivity index (χ1n) is 10.7. The average molecular weight is 411 g/mol. The molecule has 2 atom stereocenters. The SMILES string of the molecule is CN=C(NCC1CCCOC1c1ccccc1)N1CCN(C(=O)c2ccco2)CC1. The lowest BCUT2D eigenvalue weighted by Gasteiger charge is -2.37. The van der Waals surface area contributed by atoms with Crippen molar-refractivity contribution in [2.75, 3.05) is 46.4 Å². The molecule has 2 saturated heterocycles. The Balaban J connectivity index is 1.31. The number of ether oxygens (including phenoxy) is 1. The molecule has 2 aliphatic rings. The number of guanidine groups is 1. The van der Waals surface area contributed by atoms with Gasteiger partial charge in [0.2, 0.25) is 0 Å². The third kappa shape index (κ3) is 4.67. The fourth-order valence-corrected chi connectivity index (χ4v) is 4.30. The standard InChI is InChI=1S/C23H30N4O3/c1-24-23(27-13-11-26(12-14-27)22(28)20-10-6-15-29-20)25-17-19-9-5-16-30-21(19)18-7-3-2-4-8-18/h2-4,6-8,10,15,19,21H,5,9,11-14,16-17H2,1H3,(H,24,25). The minimum absolute atomic E-state index is 0.0485. The van der Waals surface area contributed by atoms with Gasteiger partial charge >= 0.3 is 0 Å². The summed E-state index contributed by atoms with van der Waals surface area (Å²) in [6, 6.07) is 13.9. The van der Waals surface area contributed by atoms with Crippen LogP contribution in [0.1, 0.15) is 35.1 Å². The first-order valence-corrected chi connectivity index (χ1v) is 10.7. The molecule has 160 valence electrons. The van der Waals surface area contributed by atoms with Crippen LogP contribution in [0.3, 0.4) is 0 Å². The second-order valence-electron chi connectivity index (χ2n) is 7.79. The highest BCUT2D eigenvalue weighted by atomic mass is 16.5. The smallest absolute Gasteiger partial charge is 0.289 e. The first-order chi connectivity index (χ1) is 14.8. The number of aliphatic imine (C=N–C) groups is 1. The van der Waals surface area contributed by atoms with Gasteiger partial charge in [0.15, 0.2) is 11.7 Å². The lowest BCUT2D eigenvalue weighted by Crippen LogP contribution is -2.54. The first kappa shape index (κ1) is 20.5. The molecular formula is C23H30N4O3. The molecule has 2 aromatic rings. The molecule has 30 heavy (non-hydrogen) atoms. The van der Waals surface area contributed by atoms with Gasteiger partial charge in [0, 0.05) is 52.3 Å². The van der Waals surface area contributed by atoms with Crippen molar-refractivity contribution in [2.45, 2.75) is 18.9 Å². The average Bonchev–Trinajstić information content (AvgIpc) is 3.35. The molecular weight excluding hydrogens is 380 g/mol. The highest BCUT2D eigenvalue weighted by Gasteiger charge is 2.29. The maximum absolute atomic E-state index is 12.5. The number of rotatable bonds is 4. The van der Waals surface area contributed by atoms with Gasteiger partial charge in [0.1, 0.15) is 0 Å². The second-order valence-corrected chi connectivity index (χ2v) is 7.79. The number of nitrogens with one attached hydrogen (secondary N) is 1. The van der Waals surface area contributed by atoms with E-state index in [0.717, 1.165) is 45.0 Å². The van der Waals surface area contributed by atoms with Crippen LogP contribution in [0.2, 0.25) is 0 Å². The molecule has 2 unspecified atom stereocenters. The largest absolute Gasteiger partial charge is 0.459 e. The summed E-state index contributed by atoms with van der Waals surface area (Å²) < 4.78 is 11.4. The van der Waals surface area contributed by atoms with Gasteiger partial charge in [-0.1, -0.05) is 30.3 Å². The fraction of sp³-hybridized carbons (Fsp3) is 0.478. The third-order valence-corrected chi connectivity index (χ3v) is 5.91. The number of benzene rings is 1. The molecule has 2 fully saturated rings. The zero-order valence-electron chi connectivity index (χ0n) is 17.5. The number of carbonyl (C=O) groups is 1. The fourth-order valence-electron chi connectivity index (χ4n) is 4.30. The van der Waals surface area contributed by atoms with Gasteiger partial charge in [0.25, 0.3) is 5.91 Å². The van der Waals surface area contributed by atoms with Crippen molar-refractivity contribution < 1.29 is 13.9 Å². The van der Waals surface area contributed by atoms with Gasteiger partial charge in [-0.3, -0.25) is 9.79 Å². The minimum atomic E-state index is -0.0485. The van der Waals surface area contributed by atoms with Crippen LogP contribution in [0.5, 0.6) is 0 Å². The molecule has 1 aromatic heterocycles. The molecule has 1 amide bonds. The van der Waals surface area contributed by atoms with Crippen molar-refractivity contribution >= 4 is 11.9 Å². The van der Waals surface area contributed by atoms with E-state index in [-0.39, 0.29) is 12.0 Å². The molecule has 1 aromatic carbocycles. The van der Waals surface area contributed by atoms with Crippen LogP contribution in [0.4, 0.5) is 0 Å². The zero-order valence-corrected chi connectivity index (χ0v) is 17.5. The van der Waals surface area contributed by atoms with E-state index in [0.29, 0.717) is 24.8 Å². The van der Waals surface area contributed by atoms with Gasteiger partial charge in [-0.15, -0.1) is 0 Å². The van der Waals surface area contributed by atoms with Crippen LogP contribution in [0.15, 0.2) is 58.1 Å². The van der Waals surface area contributed by atoms with Crippen molar-refractivity contribution in [1.29, 1.82) is 0 Å². The lowest BCUT2D eigenvalue weighted by molar-refractivity contribution is -0.0267. The maximum Gasteiger partial charge on any atom is 0.289 e. The Hall–Kier alpha value is -2.80. The Kier molecular flexibility index (Phi) is 6.69. The number of piperazine rings is 1. The summed E-state index contributed by atoms with van der Waals surface area (Å²) in [5, 5.41) is 3.55. The summed E-state index contributed by atoms with van der Waals surface area (Å²) in [6.45, 7) is 4.43. The van der Waals surface area contributed by atoms with E-state index in [1.165, 1.54) is 11.8 Å². The predicted molar refractivity (Wildman–Crippen MR) is 115 cm³/mol. The van der Waals surface area contributed by atoms with Gasteiger partial charge < -0.3 is 24.3 Å². The summed E-state index contributed by atoms with van der Waals surface area (Å²) in [5.41, 5.74) is 1.24. The Morgan fingerprint density at radius 3 is 2.57 bits per heavy atom. The van der Waals surface area contributed by atoms with E-state index in [1.807, 2.05) is 18.0 Å². The topological polar surface area (TPSA) is 70.3 Å². The molecule has 4 rings (SSSR count). The Morgan fingerprint density at radius 1 is 1.10 bits per heavy atom. The highest BCUT2D eigenvalue weighted by molar-refractivity contribution is 5.91. The molecule has 0 saturated carbocycles. The summed E-state index contributed by atoms with van der Waals surface area (Å²) >= 11 is 0. The number of nitrogens with zero attached hydrogens (tertiary/aromatic N) is 3. The van der Waals surface area contributed by atoms with Gasteiger partial charge in [-0.2, -0.15) is 0 Å². The zero-order chi connectivity index (χ0) is 20.8. The van der Waals surface area contributed by atoms with Crippen LogP contribution < -0.4 is 5.32 Å². The van der Waals surface area contributed by atoms with Gasteiger partial charge in [-0.05, 0) is 30.5 Å². The summed E-state index contributed by atoms with van der Waals surface area (Å²) in [5.74, 6) is 1.64. The Morgan fingerprint density at radius 2 is 1.87 bits per heavy atom. The van der Waals surface area contributed by atoms with Crippen molar-refractivity contribution in [3.63, 3.8) is 0 Å². The van der Waals surface area contributed by atoms with E-state index in [9.17, 15) is 4.79 Å². The molecule has 0 radical (unpaired) electrons. The third-order valence-electron chi connectivity index (χ3n) is 5.91. The predicted octanol–water partition coefficient (Wildman–Crippen LogP) is 2.78. The quantitative estimate of drug-likeness (QED) is 0.620. The second kappa shape index (κ2) is 9.80. The summed E-state index contributed by atoms with van der Waals surface area (Å²) in [7, 11) is 1.81. The van der Waals surface area contributed by atoms with Crippen LogP contribution in [-0.2, 0) is 4.74 Å². The number of amides is 1. The lowest BCUT2D eigenvalue weighted by atomic mass is 9.89. The normalized spacial score (nSPS) is 22.8. The number of carbonyl (C=O) groups excluding carboxylic acids is 1.